The molecular weight excluding hydrogens is 450 g/mol. The minimum absolute atomic E-state index is 0.000471. The van der Waals surface area contributed by atoms with E-state index in [4.69, 9.17) is 14.2 Å². The Morgan fingerprint density at radius 2 is 1.71 bits per heavy atom. The van der Waals surface area contributed by atoms with Crippen LogP contribution in [0.25, 0.3) is 11.1 Å². The van der Waals surface area contributed by atoms with E-state index in [0.717, 1.165) is 29.5 Å². The monoisotopic (exact) mass is 481 g/mol. The Hall–Kier alpha value is -3.75. The highest BCUT2D eigenvalue weighted by Gasteiger charge is 2.29. The Bertz CT molecular complexity index is 1210. The zero-order chi connectivity index (χ0) is 25.1. The molecule has 1 unspecified atom stereocenters. The van der Waals surface area contributed by atoms with Crippen LogP contribution in [-0.4, -0.2) is 45.7 Å². The van der Waals surface area contributed by atoms with Crippen molar-refractivity contribution < 1.29 is 23.8 Å². The first kappa shape index (κ1) is 24.4. The normalized spacial score (nSPS) is 16.2. The van der Waals surface area contributed by atoms with Gasteiger partial charge in [0.05, 0.1) is 39.6 Å². The topological polar surface area (TPSA) is 115 Å². The van der Waals surface area contributed by atoms with Gasteiger partial charge in [-0.15, -0.1) is 0 Å². The molecule has 0 heterocycles. The van der Waals surface area contributed by atoms with Gasteiger partial charge in [0, 0.05) is 18.5 Å². The molecule has 0 saturated heterocycles. The summed E-state index contributed by atoms with van der Waals surface area (Å²) in [5, 5.41) is 8.85. The van der Waals surface area contributed by atoms with E-state index in [1.54, 1.807) is 27.4 Å². The summed E-state index contributed by atoms with van der Waals surface area (Å²) in [6, 6.07) is 6.79. The molecule has 0 aliphatic heterocycles. The molecule has 9 nitrogen and oxygen atoms in total. The smallest absolute Gasteiger partial charge is 0.239 e. The first-order chi connectivity index (χ1) is 16.9. The van der Waals surface area contributed by atoms with Gasteiger partial charge in [0.2, 0.25) is 23.0 Å². The minimum atomic E-state index is -0.386. The van der Waals surface area contributed by atoms with E-state index in [9.17, 15) is 14.4 Å². The molecule has 2 aliphatic carbocycles. The van der Waals surface area contributed by atoms with Crippen LogP contribution in [0.4, 0.5) is 5.69 Å². The third-order valence-electron chi connectivity index (χ3n) is 6.30. The van der Waals surface area contributed by atoms with Crippen molar-refractivity contribution in [1.82, 2.24) is 10.6 Å². The molecule has 0 aromatic heterocycles. The molecular formula is C26H31N3O6. The molecule has 186 valence electrons. The number of amides is 2. The number of ether oxygens (including phenoxy) is 3. The average Bonchev–Trinajstić information content (AvgIpc) is 3.67. The maximum atomic E-state index is 13.2. The van der Waals surface area contributed by atoms with E-state index in [1.165, 1.54) is 13.0 Å². The van der Waals surface area contributed by atoms with Crippen molar-refractivity contribution >= 4 is 17.5 Å². The fourth-order valence-corrected chi connectivity index (χ4v) is 4.54. The number of rotatable bonds is 8. The number of benzene rings is 1. The minimum Gasteiger partial charge on any atom is -0.493 e. The van der Waals surface area contributed by atoms with Crippen LogP contribution >= 0.6 is 0 Å². The van der Waals surface area contributed by atoms with Crippen molar-refractivity contribution in [1.29, 1.82) is 0 Å². The maximum Gasteiger partial charge on any atom is 0.239 e. The quantitative estimate of drug-likeness (QED) is 0.531. The lowest BCUT2D eigenvalue weighted by Crippen LogP contribution is -2.32. The van der Waals surface area contributed by atoms with Crippen molar-refractivity contribution in [2.45, 2.75) is 44.7 Å². The summed E-state index contributed by atoms with van der Waals surface area (Å²) in [5.74, 6) is 1.13. The molecule has 3 N–H and O–H groups in total. The van der Waals surface area contributed by atoms with E-state index in [2.05, 4.69) is 16.0 Å². The molecule has 35 heavy (non-hydrogen) atoms. The van der Waals surface area contributed by atoms with E-state index < -0.39 is 0 Å². The van der Waals surface area contributed by atoms with Gasteiger partial charge in [0.1, 0.15) is 0 Å². The number of hydrogen-bond donors (Lipinski definition) is 3. The highest BCUT2D eigenvalue weighted by atomic mass is 16.5. The van der Waals surface area contributed by atoms with Gasteiger partial charge < -0.3 is 30.2 Å². The van der Waals surface area contributed by atoms with Crippen molar-refractivity contribution in [3.05, 3.63) is 45.6 Å². The van der Waals surface area contributed by atoms with Gasteiger partial charge in [-0.05, 0) is 60.6 Å². The molecule has 4 rings (SSSR count). The van der Waals surface area contributed by atoms with Crippen LogP contribution in [0.3, 0.4) is 0 Å². The summed E-state index contributed by atoms with van der Waals surface area (Å²) in [6.45, 7) is 1.46. The summed E-state index contributed by atoms with van der Waals surface area (Å²) in [5.41, 5.74) is 3.16. The third-order valence-corrected chi connectivity index (χ3v) is 6.30. The second kappa shape index (κ2) is 10.2. The van der Waals surface area contributed by atoms with Gasteiger partial charge in [-0.2, -0.15) is 0 Å². The van der Waals surface area contributed by atoms with Crippen LogP contribution in [0.2, 0.25) is 0 Å². The van der Waals surface area contributed by atoms with Gasteiger partial charge in [0.15, 0.2) is 11.5 Å². The molecule has 2 aromatic carbocycles. The number of carbonyl (C=O) groups excluding carboxylic acids is 2. The van der Waals surface area contributed by atoms with E-state index in [1.807, 2.05) is 12.1 Å². The largest absolute Gasteiger partial charge is 0.493 e. The molecule has 9 heteroatoms. The van der Waals surface area contributed by atoms with Crippen molar-refractivity contribution in [2.24, 2.45) is 0 Å². The maximum absolute atomic E-state index is 13.2. The fraction of sp³-hybridized carbons (Fsp3) is 0.423. The summed E-state index contributed by atoms with van der Waals surface area (Å²) in [7, 11) is 4.66. The van der Waals surface area contributed by atoms with E-state index in [0.29, 0.717) is 41.3 Å². The summed E-state index contributed by atoms with van der Waals surface area (Å²) in [6.07, 6.45) is 3.18. The zero-order valence-corrected chi connectivity index (χ0v) is 20.4. The lowest BCUT2D eigenvalue weighted by molar-refractivity contribution is -0.120. The number of methoxy groups -OCH3 is 3. The molecule has 0 radical (unpaired) electrons. The second-order valence-electron chi connectivity index (χ2n) is 8.79. The number of aryl methyl sites for hydroxylation is 1. The van der Waals surface area contributed by atoms with Gasteiger partial charge >= 0.3 is 0 Å². The molecule has 2 aliphatic rings. The Labute approximate surface area is 204 Å². The molecule has 2 aromatic rings. The zero-order valence-electron chi connectivity index (χ0n) is 20.4. The second-order valence-corrected chi connectivity index (χ2v) is 8.79. The predicted molar refractivity (Wildman–Crippen MR) is 132 cm³/mol. The lowest BCUT2D eigenvalue weighted by atomic mass is 9.95. The van der Waals surface area contributed by atoms with Crippen LogP contribution in [0, 0.1) is 0 Å². The first-order valence-corrected chi connectivity index (χ1v) is 11.7. The summed E-state index contributed by atoms with van der Waals surface area (Å²) in [4.78, 5) is 37.4. The fourth-order valence-electron chi connectivity index (χ4n) is 4.54. The van der Waals surface area contributed by atoms with Gasteiger partial charge in [-0.1, -0.05) is 6.07 Å². The molecule has 1 fully saturated rings. The molecule has 0 spiro atoms. The average molecular weight is 482 g/mol. The molecule has 0 bridgehead atoms. The highest BCUT2D eigenvalue weighted by molar-refractivity contribution is 5.84. The predicted octanol–water partition coefficient (Wildman–Crippen LogP) is 2.55. The molecule has 1 saturated carbocycles. The van der Waals surface area contributed by atoms with E-state index >= 15 is 0 Å². The van der Waals surface area contributed by atoms with Crippen molar-refractivity contribution in [3.63, 3.8) is 0 Å². The Morgan fingerprint density at radius 3 is 2.34 bits per heavy atom. The number of anilines is 1. The van der Waals surface area contributed by atoms with Crippen LogP contribution in [0.15, 0.2) is 29.1 Å². The Balaban J connectivity index is 1.85. The lowest BCUT2D eigenvalue weighted by Gasteiger charge is -2.19. The van der Waals surface area contributed by atoms with E-state index in [-0.39, 0.29) is 35.9 Å². The van der Waals surface area contributed by atoms with Crippen LogP contribution in [-0.2, 0) is 16.0 Å². The van der Waals surface area contributed by atoms with Crippen LogP contribution < -0.4 is 35.6 Å². The van der Waals surface area contributed by atoms with Gasteiger partial charge in [0.25, 0.3) is 0 Å². The standard InChI is InChI=1S/C26H31N3O6/c1-14(30)28-19-9-5-15-11-22(33-2)25(34-3)26(35-4)24(15)17-8-10-20(21(31)12-18(17)19)27-13-23(32)29-16-6-7-16/h8,10-12,16,19H,5-7,9,13H2,1-4H3,(H,27,31)(H,28,30)(H,29,32). The Kier molecular flexibility index (Phi) is 7.14. The third kappa shape index (κ3) is 5.18. The summed E-state index contributed by atoms with van der Waals surface area (Å²) < 4.78 is 16.9. The SMILES string of the molecule is COc1cc2c(c(OC)c1OC)-c1ccc(NCC(=O)NC3CC3)c(=O)cc1C(NC(C)=O)CC2. The van der Waals surface area contributed by atoms with Crippen molar-refractivity contribution in [2.75, 3.05) is 33.2 Å². The number of carbonyl (C=O) groups is 2. The van der Waals surface area contributed by atoms with Gasteiger partial charge in [-0.25, -0.2) is 0 Å². The van der Waals surface area contributed by atoms with Gasteiger partial charge in [-0.3, -0.25) is 14.4 Å². The number of nitrogens with one attached hydrogen (secondary N) is 3. The van der Waals surface area contributed by atoms with Crippen molar-refractivity contribution in [3.8, 4) is 28.4 Å². The van der Waals surface area contributed by atoms with Crippen LogP contribution in [0.5, 0.6) is 17.2 Å². The number of hydrogen-bond acceptors (Lipinski definition) is 7. The first-order valence-electron chi connectivity index (χ1n) is 11.7. The molecule has 1 atom stereocenters. The Morgan fingerprint density at radius 1 is 0.971 bits per heavy atom. The summed E-state index contributed by atoms with van der Waals surface area (Å²) >= 11 is 0. The number of fused-ring (bicyclic) bond motifs is 3. The molecule has 2 amide bonds. The van der Waals surface area contributed by atoms with Crippen LogP contribution in [0.1, 0.15) is 43.4 Å². The highest BCUT2D eigenvalue weighted by Crippen LogP contribution is 2.50.